The highest BCUT2D eigenvalue weighted by molar-refractivity contribution is 5.95. The molecule has 0 unspecified atom stereocenters. The Morgan fingerprint density at radius 3 is 2.86 bits per heavy atom. The van der Waals surface area contributed by atoms with E-state index in [9.17, 15) is 14.8 Å². The van der Waals surface area contributed by atoms with E-state index >= 15 is 0 Å². The molecule has 0 fully saturated rings. The van der Waals surface area contributed by atoms with Crippen molar-refractivity contribution in [3.05, 3.63) is 29.3 Å². The minimum absolute atomic E-state index is 0.309. The van der Waals surface area contributed by atoms with E-state index in [1.54, 1.807) is 12.1 Å². The summed E-state index contributed by atoms with van der Waals surface area (Å²) in [6, 6.07) is 4.95. The number of hydrogen-bond donors (Lipinski definition) is 1. The van der Waals surface area contributed by atoms with Crippen LogP contribution in [0.15, 0.2) is 18.2 Å². The highest BCUT2D eigenvalue weighted by atomic mass is 16.5. The van der Waals surface area contributed by atoms with Gasteiger partial charge in [-0.05, 0) is 18.1 Å². The predicted molar refractivity (Wildman–Crippen MR) is 49.4 cm³/mol. The van der Waals surface area contributed by atoms with Crippen LogP contribution in [0.5, 0.6) is 0 Å². The van der Waals surface area contributed by atoms with E-state index in [-0.39, 0.29) is 5.91 Å². The van der Waals surface area contributed by atoms with Crippen molar-refractivity contribution in [2.45, 2.75) is 12.8 Å². The Morgan fingerprint density at radius 1 is 1.36 bits per heavy atom. The lowest BCUT2D eigenvalue weighted by Crippen LogP contribution is -2.31. The Hall–Kier alpha value is -1.68. The fourth-order valence-corrected chi connectivity index (χ4v) is 1.54. The Labute approximate surface area is 80.7 Å². The van der Waals surface area contributed by atoms with Gasteiger partial charge in [0, 0.05) is 12.0 Å². The maximum atomic E-state index is 11.1. The second kappa shape index (κ2) is 3.23. The number of benzene rings is 1. The molecule has 0 aliphatic carbocycles. The van der Waals surface area contributed by atoms with Gasteiger partial charge in [-0.1, -0.05) is 12.1 Å². The molecule has 14 heavy (non-hydrogen) atoms. The monoisotopic (exact) mass is 191 g/mol. The van der Waals surface area contributed by atoms with E-state index in [1.807, 2.05) is 0 Å². The molecule has 1 amide bonds. The van der Waals surface area contributed by atoms with Gasteiger partial charge in [-0.15, -0.1) is 0 Å². The lowest BCUT2D eigenvalue weighted by atomic mass is 10.0. The van der Waals surface area contributed by atoms with Gasteiger partial charge in [0.1, 0.15) is 6.29 Å². The van der Waals surface area contributed by atoms with Crippen molar-refractivity contribution in [3.63, 3.8) is 0 Å². The summed E-state index contributed by atoms with van der Waals surface area (Å²) in [4.78, 5) is 21.6. The number of anilines is 1. The number of hydrogen-bond acceptors (Lipinski definition) is 3. The summed E-state index contributed by atoms with van der Waals surface area (Å²) >= 11 is 0. The third-order valence-corrected chi connectivity index (χ3v) is 2.32. The van der Waals surface area contributed by atoms with Gasteiger partial charge in [0.2, 0.25) is 0 Å². The molecule has 0 saturated carbocycles. The Bertz CT molecular complexity index is 400. The van der Waals surface area contributed by atoms with Crippen LogP contribution in [0, 0.1) is 0 Å². The summed E-state index contributed by atoms with van der Waals surface area (Å²) in [5.41, 5.74) is 1.76. The first-order chi connectivity index (χ1) is 6.72. The molecule has 0 atom stereocenters. The molecule has 1 aromatic rings. The summed E-state index contributed by atoms with van der Waals surface area (Å²) in [6.45, 7) is 0. The molecule has 2 rings (SSSR count). The predicted octanol–water partition coefficient (Wildman–Crippen LogP) is 1.17. The number of carbonyl (C=O) groups is 2. The molecule has 0 spiro atoms. The van der Waals surface area contributed by atoms with Crippen LogP contribution in [-0.2, 0) is 11.2 Å². The number of amides is 1. The topological polar surface area (TPSA) is 57.6 Å². The third kappa shape index (κ3) is 1.29. The first kappa shape index (κ1) is 8.90. The van der Waals surface area contributed by atoms with Crippen molar-refractivity contribution in [3.8, 4) is 0 Å². The summed E-state index contributed by atoms with van der Waals surface area (Å²) in [5.74, 6) is -0.333. The molecule has 1 heterocycles. The van der Waals surface area contributed by atoms with Crippen molar-refractivity contribution in [1.29, 1.82) is 0 Å². The smallest absolute Gasteiger partial charge is 0.251 e. The summed E-state index contributed by atoms with van der Waals surface area (Å²) in [5, 5.41) is 10.0. The maximum absolute atomic E-state index is 11.1. The van der Waals surface area contributed by atoms with Crippen molar-refractivity contribution in [2.75, 3.05) is 5.06 Å². The van der Waals surface area contributed by atoms with Crippen LogP contribution in [-0.4, -0.2) is 17.4 Å². The fraction of sp³-hybridized carbons (Fsp3) is 0.200. The maximum Gasteiger partial charge on any atom is 0.251 e. The molecule has 0 saturated heterocycles. The molecule has 1 N–H and O–H groups in total. The van der Waals surface area contributed by atoms with Crippen LogP contribution < -0.4 is 5.06 Å². The lowest BCUT2D eigenvalue weighted by Gasteiger charge is -2.23. The van der Waals surface area contributed by atoms with Gasteiger partial charge in [-0.2, -0.15) is 5.06 Å². The molecule has 1 aliphatic rings. The zero-order valence-corrected chi connectivity index (χ0v) is 7.43. The number of nitrogens with zero attached hydrogens (tertiary/aromatic N) is 1. The van der Waals surface area contributed by atoms with Crippen molar-refractivity contribution >= 4 is 17.9 Å². The van der Waals surface area contributed by atoms with Gasteiger partial charge >= 0.3 is 0 Å². The summed E-state index contributed by atoms with van der Waals surface area (Å²) in [6.07, 6.45) is 1.61. The zero-order chi connectivity index (χ0) is 10.1. The Kier molecular flexibility index (Phi) is 2.05. The largest absolute Gasteiger partial charge is 0.298 e. The first-order valence-electron chi connectivity index (χ1n) is 4.32. The second-order valence-electron chi connectivity index (χ2n) is 3.21. The van der Waals surface area contributed by atoms with Crippen LogP contribution in [0.25, 0.3) is 0 Å². The van der Waals surface area contributed by atoms with E-state index in [0.29, 0.717) is 35.4 Å². The lowest BCUT2D eigenvalue weighted by molar-refractivity contribution is -0.124. The van der Waals surface area contributed by atoms with E-state index in [2.05, 4.69) is 0 Å². The number of aryl methyl sites for hydroxylation is 1. The summed E-state index contributed by atoms with van der Waals surface area (Å²) < 4.78 is 0. The normalized spacial score (nSPS) is 15.2. The number of carbonyl (C=O) groups excluding carboxylic acids is 2. The number of rotatable bonds is 1. The SMILES string of the molecule is O=Cc1ccc2c(c1)N(O)C(=O)CC2. The zero-order valence-electron chi connectivity index (χ0n) is 7.43. The van der Waals surface area contributed by atoms with Crippen molar-refractivity contribution in [2.24, 2.45) is 0 Å². The van der Waals surface area contributed by atoms with Gasteiger partial charge in [0.25, 0.3) is 5.91 Å². The molecule has 4 nitrogen and oxygen atoms in total. The molecule has 0 bridgehead atoms. The first-order valence-corrected chi connectivity index (χ1v) is 4.32. The molecular formula is C10H9NO3. The standard InChI is InChI=1S/C10H9NO3/c12-6-7-1-2-8-3-4-10(13)11(14)9(8)5-7/h1-2,5-6,14H,3-4H2. The van der Waals surface area contributed by atoms with Crippen LogP contribution in [0.4, 0.5) is 5.69 Å². The minimum atomic E-state index is -0.333. The average Bonchev–Trinajstić information content (AvgIpc) is 2.23. The van der Waals surface area contributed by atoms with E-state index < -0.39 is 0 Å². The van der Waals surface area contributed by atoms with Gasteiger partial charge < -0.3 is 0 Å². The number of hydroxylamine groups is 1. The molecule has 1 aliphatic heterocycles. The molecule has 1 aromatic carbocycles. The Balaban J connectivity index is 2.51. The van der Waals surface area contributed by atoms with E-state index in [1.165, 1.54) is 6.07 Å². The highest BCUT2D eigenvalue weighted by Gasteiger charge is 2.22. The van der Waals surface area contributed by atoms with E-state index in [0.717, 1.165) is 5.56 Å². The van der Waals surface area contributed by atoms with Crippen LogP contribution in [0.3, 0.4) is 0 Å². The Morgan fingerprint density at radius 2 is 2.14 bits per heavy atom. The van der Waals surface area contributed by atoms with Crippen molar-refractivity contribution in [1.82, 2.24) is 0 Å². The van der Waals surface area contributed by atoms with Gasteiger partial charge in [0.15, 0.2) is 0 Å². The third-order valence-electron chi connectivity index (χ3n) is 2.32. The van der Waals surface area contributed by atoms with Crippen molar-refractivity contribution < 1.29 is 14.8 Å². The van der Waals surface area contributed by atoms with Crippen LogP contribution in [0.1, 0.15) is 22.3 Å². The van der Waals surface area contributed by atoms with Gasteiger partial charge in [-0.3, -0.25) is 14.8 Å². The molecule has 0 radical (unpaired) electrons. The fourth-order valence-electron chi connectivity index (χ4n) is 1.54. The average molecular weight is 191 g/mol. The molecule has 0 aromatic heterocycles. The van der Waals surface area contributed by atoms with Crippen LogP contribution >= 0.6 is 0 Å². The molecular weight excluding hydrogens is 182 g/mol. The number of aldehydes is 1. The molecule has 72 valence electrons. The van der Waals surface area contributed by atoms with E-state index in [4.69, 9.17) is 0 Å². The minimum Gasteiger partial charge on any atom is -0.298 e. The van der Waals surface area contributed by atoms with Gasteiger partial charge in [0.05, 0.1) is 5.69 Å². The van der Waals surface area contributed by atoms with Gasteiger partial charge in [-0.25, -0.2) is 0 Å². The highest BCUT2D eigenvalue weighted by Crippen LogP contribution is 2.26. The van der Waals surface area contributed by atoms with Crippen LogP contribution in [0.2, 0.25) is 0 Å². The quantitative estimate of drug-likeness (QED) is 0.535. The number of fused-ring (bicyclic) bond motifs is 1. The second-order valence-corrected chi connectivity index (χ2v) is 3.21. The summed E-state index contributed by atoms with van der Waals surface area (Å²) in [7, 11) is 0. The molecule has 4 heteroatoms.